The van der Waals surface area contributed by atoms with Crippen molar-refractivity contribution in [1.82, 2.24) is 10.2 Å². The van der Waals surface area contributed by atoms with E-state index < -0.39 is 0 Å². The van der Waals surface area contributed by atoms with E-state index >= 15 is 0 Å². The number of halogens is 1. The highest BCUT2D eigenvalue weighted by Crippen LogP contribution is 2.14. The molecule has 1 aromatic carbocycles. The van der Waals surface area contributed by atoms with Crippen molar-refractivity contribution >= 4 is 18.3 Å². The van der Waals surface area contributed by atoms with Crippen molar-refractivity contribution in [2.75, 3.05) is 13.1 Å². The molecule has 2 rings (SSSR count). The predicted octanol–water partition coefficient (Wildman–Crippen LogP) is 1.93. The van der Waals surface area contributed by atoms with Crippen molar-refractivity contribution in [2.24, 2.45) is 0 Å². The lowest BCUT2D eigenvalue weighted by atomic mass is 10.1. The number of benzene rings is 1. The van der Waals surface area contributed by atoms with E-state index in [1.54, 1.807) is 0 Å². The summed E-state index contributed by atoms with van der Waals surface area (Å²) in [6.45, 7) is 5.93. The third kappa shape index (κ3) is 2.99. The van der Waals surface area contributed by atoms with Gasteiger partial charge >= 0.3 is 0 Å². The molecule has 0 saturated carbocycles. The van der Waals surface area contributed by atoms with Crippen LogP contribution in [0.5, 0.6) is 0 Å². The van der Waals surface area contributed by atoms with Gasteiger partial charge in [-0.05, 0) is 26.0 Å². The molecule has 1 heterocycles. The van der Waals surface area contributed by atoms with E-state index in [0.29, 0.717) is 0 Å². The summed E-state index contributed by atoms with van der Waals surface area (Å²) in [5.74, 6) is 0.141. The third-order valence-electron chi connectivity index (χ3n) is 3.08. The molecular weight excluding hydrogens is 236 g/mol. The molecule has 17 heavy (non-hydrogen) atoms. The van der Waals surface area contributed by atoms with E-state index in [1.807, 2.05) is 35.2 Å². The highest BCUT2D eigenvalue weighted by atomic mass is 35.5. The zero-order chi connectivity index (χ0) is 11.5. The second kappa shape index (κ2) is 6.03. The Bertz CT molecular complexity index is 359. The highest BCUT2D eigenvalue weighted by Gasteiger charge is 2.29. The molecule has 0 radical (unpaired) electrons. The SMILES string of the molecule is CC1CNCC(C)N1C(=O)c1ccccc1.Cl. The number of nitrogens with zero attached hydrogens (tertiary/aromatic N) is 1. The molecule has 1 saturated heterocycles. The van der Waals surface area contributed by atoms with Crippen molar-refractivity contribution in [1.29, 1.82) is 0 Å². The molecule has 1 aliphatic heterocycles. The Hall–Kier alpha value is -1.06. The number of piperazine rings is 1. The molecule has 1 fully saturated rings. The van der Waals surface area contributed by atoms with Crippen molar-refractivity contribution in [3.8, 4) is 0 Å². The number of hydrogen-bond donors (Lipinski definition) is 1. The van der Waals surface area contributed by atoms with Crippen molar-refractivity contribution in [2.45, 2.75) is 25.9 Å². The Morgan fingerprint density at radius 3 is 2.24 bits per heavy atom. The first-order valence-corrected chi connectivity index (χ1v) is 5.78. The lowest BCUT2D eigenvalue weighted by Gasteiger charge is -2.39. The van der Waals surface area contributed by atoms with Crippen LogP contribution in [0.4, 0.5) is 0 Å². The number of rotatable bonds is 1. The fourth-order valence-electron chi connectivity index (χ4n) is 2.26. The zero-order valence-electron chi connectivity index (χ0n) is 10.2. The minimum absolute atomic E-state index is 0. The molecule has 4 heteroatoms. The van der Waals surface area contributed by atoms with Gasteiger partial charge in [-0.1, -0.05) is 18.2 Å². The van der Waals surface area contributed by atoms with E-state index in [2.05, 4.69) is 19.2 Å². The van der Waals surface area contributed by atoms with Gasteiger partial charge in [0.2, 0.25) is 0 Å². The van der Waals surface area contributed by atoms with Gasteiger partial charge < -0.3 is 10.2 Å². The van der Waals surface area contributed by atoms with Crippen LogP contribution in [-0.4, -0.2) is 36.0 Å². The van der Waals surface area contributed by atoms with E-state index in [9.17, 15) is 4.79 Å². The van der Waals surface area contributed by atoms with Gasteiger partial charge in [-0.15, -0.1) is 12.4 Å². The molecule has 0 aromatic heterocycles. The Morgan fingerprint density at radius 2 is 1.71 bits per heavy atom. The van der Waals surface area contributed by atoms with Gasteiger partial charge in [-0.3, -0.25) is 4.79 Å². The van der Waals surface area contributed by atoms with Gasteiger partial charge in [0, 0.05) is 30.7 Å². The molecule has 3 nitrogen and oxygen atoms in total. The van der Waals surface area contributed by atoms with Crippen molar-refractivity contribution < 1.29 is 4.79 Å². The maximum Gasteiger partial charge on any atom is 0.254 e. The summed E-state index contributed by atoms with van der Waals surface area (Å²) in [6.07, 6.45) is 0. The Kier molecular flexibility index (Phi) is 4.97. The minimum Gasteiger partial charge on any atom is -0.331 e. The largest absolute Gasteiger partial charge is 0.331 e. The van der Waals surface area contributed by atoms with Crippen LogP contribution in [-0.2, 0) is 0 Å². The molecular formula is C13H19ClN2O. The Morgan fingerprint density at radius 1 is 1.18 bits per heavy atom. The third-order valence-corrected chi connectivity index (χ3v) is 3.08. The van der Waals surface area contributed by atoms with Crippen molar-refractivity contribution in [3.05, 3.63) is 35.9 Å². The van der Waals surface area contributed by atoms with Gasteiger partial charge in [0.1, 0.15) is 0 Å². The van der Waals surface area contributed by atoms with Crippen LogP contribution in [0.25, 0.3) is 0 Å². The molecule has 1 aromatic rings. The standard InChI is InChI=1S/C13H18N2O.ClH/c1-10-8-14-9-11(2)15(10)13(16)12-6-4-3-5-7-12;/h3-7,10-11,14H,8-9H2,1-2H3;1H. The van der Waals surface area contributed by atoms with Gasteiger partial charge in [0.25, 0.3) is 5.91 Å². The molecule has 1 amide bonds. The lowest BCUT2D eigenvalue weighted by molar-refractivity contribution is 0.0544. The second-order valence-electron chi connectivity index (χ2n) is 4.43. The second-order valence-corrected chi connectivity index (χ2v) is 4.43. The van der Waals surface area contributed by atoms with E-state index in [1.165, 1.54) is 0 Å². The van der Waals surface area contributed by atoms with E-state index in [-0.39, 0.29) is 30.4 Å². The first-order valence-electron chi connectivity index (χ1n) is 5.78. The molecule has 0 bridgehead atoms. The summed E-state index contributed by atoms with van der Waals surface area (Å²) >= 11 is 0. The van der Waals surface area contributed by atoms with Gasteiger partial charge in [-0.25, -0.2) is 0 Å². The number of amides is 1. The maximum absolute atomic E-state index is 12.3. The Balaban J connectivity index is 0.00000144. The number of carbonyl (C=O) groups is 1. The first kappa shape index (κ1) is 14.0. The summed E-state index contributed by atoms with van der Waals surface area (Å²) in [4.78, 5) is 14.3. The fourth-order valence-corrected chi connectivity index (χ4v) is 2.26. The first-order chi connectivity index (χ1) is 7.70. The molecule has 2 atom stereocenters. The van der Waals surface area contributed by atoms with E-state index in [4.69, 9.17) is 0 Å². The molecule has 0 spiro atoms. The van der Waals surface area contributed by atoms with Crippen molar-refractivity contribution in [3.63, 3.8) is 0 Å². The highest BCUT2D eigenvalue weighted by molar-refractivity contribution is 5.94. The fraction of sp³-hybridized carbons (Fsp3) is 0.462. The molecule has 94 valence electrons. The maximum atomic E-state index is 12.3. The smallest absolute Gasteiger partial charge is 0.254 e. The summed E-state index contributed by atoms with van der Waals surface area (Å²) in [5.41, 5.74) is 0.781. The summed E-state index contributed by atoms with van der Waals surface area (Å²) in [6, 6.07) is 10.0. The number of hydrogen-bond acceptors (Lipinski definition) is 2. The number of carbonyl (C=O) groups excluding carboxylic acids is 1. The van der Waals surface area contributed by atoms with Crippen LogP contribution in [0.2, 0.25) is 0 Å². The summed E-state index contributed by atoms with van der Waals surface area (Å²) < 4.78 is 0. The van der Waals surface area contributed by atoms with Gasteiger partial charge in [0.15, 0.2) is 0 Å². The molecule has 2 unspecified atom stereocenters. The van der Waals surface area contributed by atoms with Crippen LogP contribution < -0.4 is 5.32 Å². The summed E-state index contributed by atoms with van der Waals surface area (Å²) in [5, 5.41) is 3.33. The monoisotopic (exact) mass is 254 g/mol. The van der Waals surface area contributed by atoms with Gasteiger partial charge in [0.05, 0.1) is 0 Å². The zero-order valence-corrected chi connectivity index (χ0v) is 11.0. The summed E-state index contributed by atoms with van der Waals surface area (Å²) in [7, 11) is 0. The average molecular weight is 255 g/mol. The molecule has 1 N–H and O–H groups in total. The lowest BCUT2D eigenvalue weighted by Crippen LogP contribution is -2.57. The van der Waals surface area contributed by atoms with Crippen LogP contribution in [0, 0.1) is 0 Å². The van der Waals surface area contributed by atoms with Crippen LogP contribution in [0.1, 0.15) is 24.2 Å². The Labute approximate surface area is 109 Å². The van der Waals surface area contributed by atoms with Crippen LogP contribution in [0.15, 0.2) is 30.3 Å². The van der Waals surface area contributed by atoms with E-state index in [0.717, 1.165) is 18.7 Å². The average Bonchev–Trinajstić information content (AvgIpc) is 2.30. The topological polar surface area (TPSA) is 32.3 Å². The minimum atomic E-state index is 0. The van der Waals surface area contributed by atoms with Crippen LogP contribution in [0.3, 0.4) is 0 Å². The predicted molar refractivity (Wildman–Crippen MR) is 71.7 cm³/mol. The molecule has 1 aliphatic rings. The number of nitrogens with one attached hydrogen (secondary N) is 1. The van der Waals surface area contributed by atoms with Gasteiger partial charge in [-0.2, -0.15) is 0 Å². The normalized spacial score (nSPS) is 24.0. The van der Waals surface area contributed by atoms with Crippen LogP contribution >= 0.6 is 12.4 Å². The molecule has 0 aliphatic carbocycles. The quantitative estimate of drug-likeness (QED) is 0.831.